The molecule has 0 amide bonds. The fourth-order valence-corrected chi connectivity index (χ4v) is 1.36. The van der Waals surface area contributed by atoms with E-state index in [0.717, 1.165) is 0 Å². The maximum atomic E-state index is 10.9. The fourth-order valence-electron chi connectivity index (χ4n) is 1.36. The van der Waals surface area contributed by atoms with Gasteiger partial charge in [0.1, 0.15) is 6.33 Å². The van der Waals surface area contributed by atoms with Gasteiger partial charge in [-0.2, -0.15) is 4.98 Å². The largest absolute Gasteiger partial charge is 0.476 e. The first kappa shape index (κ1) is 13.1. The summed E-state index contributed by atoms with van der Waals surface area (Å²) in [6.45, 7) is 0.470. The molecule has 0 bridgehead atoms. The number of methoxy groups -OCH3 is 1. The van der Waals surface area contributed by atoms with Crippen molar-refractivity contribution in [3.8, 4) is 5.88 Å². The van der Waals surface area contributed by atoms with Gasteiger partial charge in [0.15, 0.2) is 0 Å². The van der Waals surface area contributed by atoms with Crippen LogP contribution in [-0.4, -0.2) is 47.3 Å². The highest BCUT2D eigenvalue weighted by molar-refractivity contribution is 5.62. The number of hydrogen-bond acceptors (Lipinski definition) is 7. The van der Waals surface area contributed by atoms with Crippen molar-refractivity contribution < 1.29 is 14.8 Å². The van der Waals surface area contributed by atoms with Gasteiger partial charge in [0, 0.05) is 20.2 Å². The van der Waals surface area contributed by atoms with E-state index in [1.807, 2.05) is 0 Å². The van der Waals surface area contributed by atoms with Crippen molar-refractivity contribution >= 4 is 11.5 Å². The van der Waals surface area contributed by atoms with E-state index in [-0.39, 0.29) is 24.0 Å². The number of aliphatic hydroxyl groups excluding tert-OH is 1. The molecule has 0 unspecified atom stereocenters. The van der Waals surface area contributed by atoms with Crippen molar-refractivity contribution in [1.29, 1.82) is 0 Å². The highest BCUT2D eigenvalue weighted by atomic mass is 16.6. The van der Waals surface area contributed by atoms with Crippen molar-refractivity contribution in [3.63, 3.8) is 0 Å². The van der Waals surface area contributed by atoms with Crippen LogP contribution in [-0.2, 0) is 0 Å². The molecule has 1 aromatic rings. The molecule has 17 heavy (non-hydrogen) atoms. The molecule has 0 aliphatic carbocycles. The van der Waals surface area contributed by atoms with Gasteiger partial charge in [-0.15, -0.1) is 0 Å². The molecule has 0 fully saturated rings. The van der Waals surface area contributed by atoms with Gasteiger partial charge in [0.25, 0.3) is 5.88 Å². The third-order valence-electron chi connectivity index (χ3n) is 2.16. The molecule has 1 aromatic heterocycles. The molecule has 0 radical (unpaired) electrons. The molecule has 0 spiro atoms. The normalized spacial score (nSPS) is 10.1. The Morgan fingerprint density at radius 2 is 2.29 bits per heavy atom. The maximum Gasteiger partial charge on any atom is 0.372 e. The number of aliphatic hydroxyl groups is 1. The molecule has 1 heterocycles. The maximum absolute atomic E-state index is 10.9. The van der Waals surface area contributed by atoms with Crippen molar-refractivity contribution in [1.82, 2.24) is 9.97 Å². The summed E-state index contributed by atoms with van der Waals surface area (Å²) in [7, 11) is 2.97. The Balaban J connectivity index is 3.09. The SMILES string of the molecule is COc1ncnc(N(C)CCCO)c1[N+](=O)[O-]. The standard InChI is InChI=1S/C9H14N4O4/c1-12(4-3-5-14)8-7(13(15)16)9(17-2)11-6-10-8/h6,14H,3-5H2,1-2H3. The smallest absolute Gasteiger partial charge is 0.372 e. The predicted octanol–water partition coefficient (Wildman–Crippen LogP) is 0.212. The van der Waals surface area contributed by atoms with Crippen LogP contribution in [0.3, 0.4) is 0 Å². The number of aromatic nitrogens is 2. The molecule has 1 N–H and O–H groups in total. The molecule has 94 valence electrons. The molecule has 0 aromatic carbocycles. The second kappa shape index (κ2) is 5.94. The number of nitro groups is 1. The monoisotopic (exact) mass is 242 g/mol. The predicted molar refractivity (Wildman–Crippen MR) is 60.2 cm³/mol. The van der Waals surface area contributed by atoms with E-state index < -0.39 is 4.92 Å². The Labute approximate surface area is 98.0 Å². The lowest BCUT2D eigenvalue weighted by molar-refractivity contribution is -0.385. The van der Waals surface area contributed by atoms with E-state index >= 15 is 0 Å². The third kappa shape index (κ3) is 3.00. The highest BCUT2D eigenvalue weighted by Gasteiger charge is 2.25. The topological polar surface area (TPSA) is 102 Å². The lowest BCUT2D eigenvalue weighted by Crippen LogP contribution is -2.22. The van der Waals surface area contributed by atoms with E-state index in [2.05, 4.69) is 9.97 Å². The Kier molecular flexibility index (Phi) is 4.58. The summed E-state index contributed by atoms with van der Waals surface area (Å²) in [6, 6.07) is 0. The summed E-state index contributed by atoms with van der Waals surface area (Å²) in [5.41, 5.74) is -0.268. The molecule has 0 aliphatic rings. The van der Waals surface area contributed by atoms with E-state index in [9.17, 15) is 10.1 Å². The van der Waals surface area contributed by atoms with Crippen LogP contribution >= 0.6 is 0 Å². The van der Waals surface area contributed by atoms with Gasteiger partial charge in [-0.25, -0.2) is 4.98 Å². The van der Waals surface area contributed by atoms with Gasteiger partial charge < -0.3 is 14.7 Å². The van der Waals surface area contributed by atoms with Crippen LogP contribution in [0.4, 0.5) is 11.5 Å². The summed E-state index contributed by atoms with van der Waals surface area (Å²) >= 11 is 0. The molecule has 0 aliphatic heterocycles. The van der Waals surface area contributed by atoms with Gasteiger partial charge in [-0.1, -0.05) is 0 Å². The van der Waals surface area contributed by atoms with Gasteiger partial charge in [0.05, 0.1) is 12.0 Å². The van der Waals surface area contributed by atoms with Gasteiger partial charge in [-0.05, 0) is 6.42 Å². The zero-order valence-corrected chi connectivity index (χ0v) is 9.66. The summed E-state index contributed by atoms with van der Waals surface area (Å²) in [6.07, 6.45) is 1.70. The van der Waals surface area contributed by atoms with Crippen LogP contribution in [0.25, 0.3) is 0 Å². The van der Waals surface area contributed by atoms with E-state index in [1.165, 1.54) is 13.4 Å². The summed E-state index contributed by atoms with van der Waals surface area (Å²) in [4.78, 5) is 19.5. The van der Waals surface area contributed by atoms with Crippen LogP contribution in [0.5, 0.6) is 5.88 Å². The average molecular weight is 242 g/mol. The minimum atomic E-state index is -0.580. The Bertz CT molecular complexity index is 399. The summed E-state index contributed by atoms with van der Waals surface area (Å²) in [5, 5.41) is 19.7. The van der Waals surface area contributed by atoms with Crippen molar-refractivity contribution in [3.05, 3.63) is 16.4 Å². The number of anilines is 1. The minimum absolute atomic E-state index is 0.0142. The molecule has 8 heteroatoms. The van der Waals surface area contributed by atoms with E-state index in [4.69, 9.17) is 9.84 Å². The Hall–Kier alpha value is -1.96. The molecule has 8 nitrogen and oxygen atoms in total. The van der Waals surface area contributed by atoms with Crippen LogP contribution in [0, 0.1) is 10.1 Å². The van der Waals surface area contributed by atoms with Crippen LogP contribution in [0.2, 0.25) is 0 Å². The lowest BCUT2D eigenvalue weighted by atomic mass is 10.3. The highest BCUT2D eigenvalue weighted by Crippen LogP contribution is 2.32. The van der Waals surface area contributed by atoms with Crippen LogP contribution in [0.1, 0.15) is 6.42 Å². The summed E-state index contributed by atoms with van der Waals surface area (Å²) in [5.74, 6) is 0.103. The summed E-state index contributed by atoms with van der Waals surface area (Å²) < 4.78 is 4.83. The number of hydrogen-bond donors (Lipinski definition) is 1. The quantitative estimate of drug-likeness (QED) is 0.562. The molecule has 1 rings (SSSR count). The second-order valence-electron chi connectivity index (χ2n) is 3.31. The zero-order chi connectivity index (χ0) is 12.8. The Morgan fingerprint density at radius 3 is 2.82 bits per heavy atom. The first-order valence-electron chi connectivity index (χ1n) is 4.97. The molecule has 0 atom stereocenters. The molecular formula is C9H14N4O4. The Morgan fingerprint density at radius 1 is 1.59 bits per heavy atom. The minimum Gasteiger partial charge on any atom is -0.476 e. The van der Waals surface area contributed by atoms with E-state index in [1.54, 1.807) is 11.9 Å². The first-order chi connectivity index (χ1) is 8.11. The second-order valence-corrected chi connectivity index (χ2v) is 3.31. The fraction of sp³-hybridized carbons (Fsp3) is 0.556. The van der Waals surface area contributed by atoms with Gasteiger partial charge in [-0.3, -0.25) is 10.1 Å². The molecular weight excluding hydrogens is 228 g/mol. The zero-order valence-electron chi connectivity index (χ0n) is 9.66. The molecule has 0 saturated heterocycles. The first-order valence-corrected chi connectivity index (χ1v) is 4.97. The lowest BCUT2D eigenvalue weighted by Gasteiger charge is -2.17. The van der Waals surface area contributed by atoms with Gasteiger partial charge in [0.2, 0.25) is 5.82 Å². The van der Waals surface area contributed by atoms with Crippen LogP contribution in [0.15, 0.2) is 6.33 Å². The molecule has 0 saturated carbocycles. The van der Waals surface area contributed by atoms with Crippen molar-refractivity contribution in [2.45, 2.75) is 6.42 Å². The van der Waals surface area contributed by atoms with Gasteiger partial charge >= 0.3 is 5.69 Å². The number of nitrogens with zero attached hydrogens (tertiary/aromatic N) is 4. The van der Waals surface area contributed by atoms with Crippen molar-refractivity contribution in [2.24, 2.45) is 0 Å². The number of rotatable bonds is 6. The van der Waals surface area contributed by atoms with E-state index in [0.29, 0.717) is 13.0 Å². The van der Waals surface area contributed by atoms with Crippen molar-refractivity contribution in [2.75, 3.05) is 32.2 Å². The van der Waals surface area contributed by atoms with Crippen LogP contribution < -0.4 is 9.64 Å². The third-order valence-corrected chi connectivity index (χ3v) is 2.16. The number of ether oxygens (including phenoxy) is 1. The average Bonchev–Trinajstić information content (AvgIpc) is 2.34.